The molecule has 16 heavy (non-hydrogen) atoms. The summed E-state index contributed by atoms with van der Waals surface area (Å²) >= 11 is 1.81. The van der Waals surface area contributed by atoms with Crippen molar-refractivity contribution in [3.8, 4) is 0 Å². The maximum absolute atomic E-state index is 9.87. The number of para-hydroxylation sites is 2. The predicted molar refractivity (Wildman–Crippen MR) is 66.8 cm³/mol. The molecule has 0 amide bonds. The highest BCUT2D eigenvalue weighted by Gasteiger charge is 2.16. The minimum atomic E-state index is -0.262. The number of aliphatic hydroxyl groups excluding tert-OH is 1. The fraction of sp³-hybridized carbons (Fsp3) is 0.417. The number of aryl methyl sites for hydroxylation is 1. The van der Waals surface area contributed by atoms with Crippen LogP contribution >= 0.6 is 11.8 Å². The van der Waals surface area contributed by atoms with Gasteiger partial charge in [0.05, 0.1) is 23.7 Å². The number of benzene rings is 1. The standard InChI is InChI=1S/C12H14N2OS/c15-9-7-14-11-4-2-1-3-10(11)13-12(14)5-6-16-8-9/h1-4,9,15H,5-8H2. The summed E-state index contributed by atoms with van der Waals surface area (Å²) in [6, 6.07) is 8.14. The van der Waals surface area contributed by atoms with Gasteiger partial charge in [0, 0.05) is 17.9 Å². The number of rotatable bonds is 0. The fourth-order valence-corrected chi connectivity index (χ4v) is 3.04. The van der Waals surface area contributed by atoms with Crippen LogP contribution < -0.4 is 0 Å². The number of hydrogen-bond donors (Lipinski definition) is 1. The number of fused-ring (bicyclic) bond motifs is 3. The van der Waals surface area contributed by atoms with Crippen LogP contribution in [0.25, 0.3) is 11.0 Å². The quantitative estimate of drug-likeness (QED) is 0.754. The second kappa shape index (κ2) is 4.11. The lowest BCUT2D eigenvalue weighted by molar-refractivity contribution is 0.177. The van der Waals surface area contributed by atoms with Crippen LogP contribution in [0.3, 0.4) is 0 Å². The van der Waals surface area contributed by atoms with Gasteiger partial charge < -0.3 is 9.67 Å². The Balaban J connectivity index is 2.14. The van der Waals surface area contributed by atoms with Gasteiger partial charge in [0.15, 0.2) is 0 Å². The van der Waals surface area contributed by atoms with Crippen molar-refractivity contribution in [3.05, 3.63) is 30.1 Å². The average Bonchev–Trinajstić information content (AvgIpc) is 2.60. The third-order valence-corrected chi connectivity index (χ3v) is 4.02. The zero-order chi connectivity index (χ0) is 11.0. The minimum Gasteiger partial charge on any atom is -0.390 e. The van der Waals surface area contributed by atoms with E-state index in [2.05, 4.69) is 15.6 Å². The van der Waals surface area contributed by atoms with E-state index in [1.54, 1.807) is 0 Å². The molecule has 0 radical (unpaired) electrons. The molecule has 3 nitrogen and oxygen atoms in total. The van der Waals surface area contributed by atoms with Crippen molar-refractivity contribution in [2.45, 2.75) is 19.1 Å². The minimum absolute atomic E-state index is 0.262. The molecule has 2 aromatic rings. The number of hydrogen-bond acceptors (Lipinski definition) is 3. The lowest BCUT2D eigenvalue weighted by Crippen LogP contribution is -2.22. The molecule has 0 saturated heterocycles. The van der Waals surface area contributed by atoms with Crippen molar-refractivity contribution < 1.29 is 5.11 Å². The molecule has 0 aliphatic carbocycles. The first-order valence-electron chi connectivity index (χ1n) is 5.54. The summed E-state index contributed by atoms with van der Waals surface area (Å²) in [5.41, 5.74) is 2.18. The highest BCUT2D eigenvalue weighted by Crippen LogP contribution is 2.21. The molecule has 0 fully saturated rings. The largest absolute Gasteiger partial charge is 0.390 e. The number of imidazole rings is 1. The molecule has 1 aromatic heterocycles. The molecular weight excluding hydrogens is 220 g/mol. The second-order valence-electron chi connectivity index (χ2n) is 4.11. The number of aromatic nitrogens is 2. The molecule has 2 heterocycles. The number of aliphatic hydroxyl groups is 1. The van der Waals surface area contributed by atoms with E-state index < -0.39 is 0 Å². The Morgan fingerprint density at radius 3 is 3.19 bits per heavy atom. The Morgan fingerprint density at radius 1 is 1.38 bits per heavy atom. The molecule has 0 bridgehead atoms. The Morgan fingerprint density at radius 2 is 2.25 bits per heavy atom. The Labute approximate surface area is 98.5 Å². The Kier molecular flexibility index (Phi) is 2.61. The molecule has 0 saturated carbocycles. The molecule has 3 rings (SSSR count). The van der Waals surface area contributed by atoms with E-state index in [0.29, 0.717) is 6.54 Å². The fourth-order valence-electron chi connectivity index (χ4n) is 2.17. The zero-order valence-corrected chi connectivity index (χ0v) is 9.78. The Bertz CT molecular complexity index is 509. The first-order valence-corrected chi connectivity index (χ1v) is 6.70. The van der Waals surface area contributed by atoms with Gasteiger partial charge in [-0.05, 0) is 12.1 Å². The van der Waals surface area contributed by atoms with Crippen molar-refractivity contribution in [2.75, 3.05) is 11.5 Å². The summed E-state index contributed by atoms with van der Waals surface area (Å²) in [4.78, 5) is 4.63. The molecule has 1 aliphatic rings. The molecular formula is C12H14N2OS. The first-order chi connectivity index (χ1) is 7.84. The maximum Gasteiger partial charge on any atom is 0.110 e. The average molecular weight is 234 g/mol. The van der Waals surface area contributed by atoms with Gasteiger partial charge in [-0.25, -0.2) is 4.98 Å². The molecule has 84 valence electrons. The van der Waals surface area contributed by atoms with Crippen LogP contribution in [0.2, 0.25) is 0 Å². The maximum atomic E-state index is 9.87. The van der Waals surface area contributed by atoms with Crippen LogP contribution in [-0.2, 0) is 13.0 Å². The van der Waals surface area contributed by atoms with Crippen LogP contribution in [0, 0.1) is 0 Å². The third kappa shape index (κ3) is 1.72. The molecule has 1 unspecified atom stereocenters. The predicted octanol–water partition coefficient (Wildman–Crippen LogP) is 1.69. The summed E-state index contributed by atoms with van der Waals surface area (Å²) in [6.45, 7) is 0.669. The van der Waals surface area contributed by atoms with Gasteiger partial charge in [-0.15, -0.1) is 0 Å². The van der Waals surface area contributed by atoms with E-state index in [1.165, 1.54) is 0 Å². The smallest absolute Gasteiger partial charge is 0.110 e. The lowest BCUT2D eigenvalue weighted by atomic mass is 10.3. The zero-order valence-electron chi connectivity index (χ0n) is 8.97. The van der Waals surface area contributed by atoms with E-state index in [4.69, 9.17) is 0 Å². The highest BCUT2D eigenvalue weighted by molar-refractivity contribution is 7.99. The van der Waals surface area contributed by atoms with Gasteiger partial charge in [-0.2, -0.15) is 11.8 Å². The van der Waals surface area contributed by atoms with Crippen LogP contribution in [0.1, 0.15) is 5.82 Å². The van der Waals surface area contributed by atoms with Crippen molar-refractivity contribution >= 4 is 22.8 Å². The van der Waals surface area contributed by atoms with Crippen LogP contribution in [-0.4, -0.2) is 32.3 Å². The van der Waals surface area contributed by atoms with Gasteiger partial charge in [0.1, 0.15) is 5.82 Å². The van der Waals surface area contributed by atoms with Crippen molar-refractivity contribution in [3.63, 3.8) is 0 Å². The van der Waals surface area contributed by atoms with Gasteiger partial charge in [0.25, 0.3) is 0 Å². The lowest BCUT2D eigenvalue weighted by Gasteiger charge is -2.17. The van der Waals surface area contributed by atoms with Crippen molar-refractivity contribution in [1.82, 2.24) is 9.55 Å². The van der Waals surface area contributed by atoms with Gasteiger partial charge in [0.2, 0.25) is 0 Å². The third-order valence-electron chi connectivity index (χ3n) is 2.91. The molecule has 1 aliphatic heterocycles. The van der Waals surface area contributed by atoms with Crippen molar-refractivity contribution in [1.29, 1.82) is 0 Å². The van der Waals surface area contributed by atoms with Crippen LogP contribution in [0.4, 0.5) is 0 Å². The summed E-state index contributed by atoms with van der Waals surface area (Å²) in [7, 11) is 0. The Hall–Kier alpha value is -1.00. The molecule has 1 N–H and O–H groups in total. The summed E-state index contributed by atoms with van der Waals surface area (Å²) < 4.78 is 2.17. The second-order valence-corrected chi connectivity index (χ2v) is 5.26. The summed E-state index contributed by atoms with van der Waals surface area (Å²) in [5, 5.41) is 9.87. The van der Waals surface area contributed by atoms with E-state index in [1.807, 2.05) is 30.0 Å². The van der Waals surface area contributed by atoms with E-state index in [0.717, 1.165) is 34.8 Å². The van der Waals surface area contributed by atoms with Gasteiger partial charge >= 0.3 is 0 Å². The monoisotopic (exact) mass is 234 g/mol. The highest BCUT2D eigenvalue weighted by atomic mass is 32.2. The van der Waals surface area contributed by atoms with E-state index >= 15 is 0 Å². The normalized spacial score (nSPS) is 21.4. The van der Waals surface area contributed by atoms with Crippen molar-refractivity contribution in [2.24, 2.45) is 0 Å². The van der Waals surface area contributed by atoms with E-state index in [-0.39, 0.29) is 6.10 Å². The molecule has 4 heteroatoms. The molecule has 0 spiro atoms. The molecule has 1 aromatic carbocycles. The number of thioether (sulfide) groups is 1. The van der Waals surface area contributed by atoms with E-state index in [9.17, 15) is 5.11 Å². The summed E-state index contributed by atoms with van der Waals surface area (Å²) in [5.74, 6) is 2.97. The first kappa shape index (κ1) is 10.2. The SMILES string of the molecule is OC1CSCCc2nc3ccccc3n2C1. The van der Waals surface area contributed by atoms with Crippen LogP contribution in [0.15, 0.2) is 24.3 Å². The van der Waals surface area contributed by atoms with Gasteiger partial charge in [-0.1, -0.05) is 12.1 Å². The summed E-state index contributed by atoms with van der Waals surface area (Å²) in [6.07, 6.45) is 0.730. The molecule has 1 atom stereocenters. The topological polar surface area (TPSA) is 38.1 Å². The number of nitrogens with zero attached hydrogens (tertiary/aromatic N) is 2. The van der Waals surface area contributed by atoms with Gasteiger partial charge in [-0.3, -0.25) is 0 Å². The van der Waals surface area contributed by atoms with Crippen LogP contribution in [0.5, 0.6) is 0 Å².